The van der Waals surface area contributed by atoms with Crippen molar-refractivity contribution >= 4 is 50.6 Å². The fraction of sp³-hybridized carbons (Fsp3) is 0.158. The smallest absolute Gasteiger partial charge is 0.323 e. The number of hydrogen-bond acceptors (Lipinski definition) is 3. The summed E-state index contributed by atoms with van der Waals surface area (Å²) in [6, 6.07) is 12.5. The predicted molar refractivity (Wildman–Crippen MR) is 115 cm³/mol. The first kappa shape index (κ1) is 19.3. The van der Waals surface area contributed by atoms with E-state index in [2.05, 4.69) is 31.7 Å². The zero-order chi connectivity index (χ0) is 19.6. The Morgan fingerprint density at radius 1 is 1.11 bits per heavy atom. The SMILES string of the molecule is CN(C)c1cc(NC(=O)Nc2ccc(Cl)cc2)cc(-c2c(Br)cnn2C)c1. The maximum atomic E-state index is 12.4. The number of halogens is 2. The first-order valence-electron chi connectivity index (χ1n) is 8.17. The zero-order valence-electron chi connectivity index (χ0n) is 15.1. The molecule has 0 radical (unpaired) electrons. The molecule has 140 valence electrons. The van der Waals surface area contributed by atoms with Gasteiger partial charge in [0.25, 0.3) is 0 Å². The Kier molecular flexibility index (Phi) is 5.72. The largest absolute Gasteiger partial charge is 0.378 e. The highest BCUT2D eigenvalue weighted by Crippen LogP contribution is 2.32. The molecule has 0 aliphatic carbocycles. The summed E-state index contributed by atoms with van der Waals surface area (Å²) in [5.74, 6) is 0. The van der Waals surface area contributed by atoms with Gasteiger partial charge in [-0.3, -0.25) is 4.68 Å². The van der Waals surface area contributed by atoms with Gasteiger partial charge in [-0.05, 0) is 58.4 Å². The van der Waals surface area contributed by atoms with Crippen molar-refractivity contribution in [2.24, 2.45) is 7.05 Å². The second-order valence-electron chi connectivity index (χ2n) is 6.21. The van der Waals surface area contributed by atoms with Crippen molar-refractivity contribution in [2.75, 3.05) is 29.6 Å². The molecule has 3 rings (SSSR count). The predicted octanol–water partition coefficient (Wildman–Crippen LogP) is 5.21. The maximum Gasteiger partial charge on any atom is 0.323 e. The number of anilines is 3. The summed E-state index contributed by atoms with van der Waals surface area (Å²) >= 11 is 9.41. The average Bonchev–Trinajstić information content (AvgIpc) is 2.95. The number of aromatic nitrogens is 2. The van der Waals surface area contributed by atoms with E-state index in [4.69, 9.17) is 11.6 Å². The van der Waals surface area contributed by atoms with E-state index in [1.165, 1.54) is 0 Å². The van der Waals surface area contributed by atoms with E-state index in [-0.39, 0.29) is 6.03 Å². The molecule has 0 atom stereocenters. The third-order valence-electron chi connectivity index (χ3n) is 3.96. The standard InChI is InChI=1S/C19H19BrClN5O/c1-25(2)16-9-12(18-17(20)11-22-26(18)3)8-15(10-16)24-19(27)23-14-6-4-13(21)5-7-14/h4-11H,1-3H3,(H2,23,24,27). The van der Waals surface area contributed by atoms with E-state index in [0.29, 0.717) is 16.4 Å². The van der Waals surface area contributed by atoms with Gasteiger partial charge in [-0.25, -0.2) is 4.79 Å². The molecule has 2 amide bonds. The van der Waals surface area contributed by atoms with Crippen molar-refractivity contribution in [2.45, 2.75) is 0 Å². The van der Waals surface area contributed by atoms with Crippen LogP contribution in [0.1, 0.15) is 0 Å². The summed E-state index contributed by atoms with van der Waals surface area (Å²) in [4.78, 5) is 14.4. The Hall–Kier alpha value is -2.51. The molecular weight excluding hydrogens is 430 g/mol. The summed E-state index contributed by atoms with van der Waals surface area (Å²) in [5.41, 5.74) is 4.17. The van der Waals surface area contributed by atoms with Crippen LogP contribution < -0.4 is 15.5 Å². The molecule has 0 unspecified atom stereocenters. The lowest BCUT2D eigenvalue weighted by molar-refractivity contribution is 0.262. The number of hydrogen-bond donors (Lipinski definition) is 2. The minimum absolute atomic E-state index is 0.330. The van der Waals surface area contributed by atoms with Crippen LogP contribution in [0.2, 0.25) is 5.02 Å². The average molecular weight is 449 g/mol. The van der Waals surface area contributed by atoms with Crippen LogP contribution >= 0.6 is 27.5 Å². The van der Waals surface area contributed by atoms with Crippen molar-refractivity contribution in [3.8, 4) is 11.3 Å². The summed E-state index contributed by atoms with van der Waals surface area (Å²) in [5, 5.41) is 10.6. The van der Waals surface area contributed by atoms with Crippen LogP contribution in [0, 0.1) is 0 Å². The fourth-order valence-corrected chi connectivity index (χ4v) is 3.34. The van der Waals surface area contributed by atoms with Crippen molar-refractivity contribution in [1.29, 1.82) is 0 Å². The molecule has 0 bridgehead atoms. The van der Waals surface area contributed by atoms with E-state index in [9.17, 15) is 4.79 Å². The van der Waals surface area contributed by atoms with Crippen LogP contribution in [0.4, 0.5) is 21.9 Å². The van der Waals surface area contributed by atoms with Crippen molar-refractivity contribution in [1.82, 2.24) is 9.78 Å². The number of carbonyl (C=O) groups excluding carboxylic acids is 1. The Labute approximate surface area is 171 Å². The second kappa shape index (κ2) is 8.02. The number of aryl methyl sites for hydroxylation is 1. The molecule has 27 heavy (non-hydrogen) atoms. The van der Waals surface area contributed by atoms with Gasteiger partial charge in [0, 0.05) is 48.8 Å². The van der Waals surface area contributed by atoms with Crippen LogP contribution in [0.15, 0.2) is 53.1 Å². The van der Waals surface area contributed by atoms with E-state index in [1.54, 1.807) is 35.1 Å². The maximum absolute atomic E-state index is 12.4. The van der Waals surface area contributed by atoms with E-state index >= 15 is 0 Å². The number of nitrogens with zero attached hydrogens (tertiary/aromatic N) is 3. The number of urea groups is 1. The number of nitrogens with one attached hydrogen (secondary N) is 2. The third kappa shape index (κ3) is 4.61. The number of amides is 2. The van der Waals surface area contributed by atoms with Crippen LogP contribution in [-0.2, 0) is 7.05 Å². The van der Waals surface area contributed by atoms with Gasteiger partial charge in [0.2, 0.25) is 0 Å². The molecule has 0 saturated heterocycles. The molecule has 1 aromatic heterocycles. The van der Waals surface area contributed by atoms with Gasteiger partial charge >= 0.3 is 6.03 Å². The lowest BCUT2D eigenvalue weighted by atomic mass is 10.1. The van der Waals surface area contributed by atoms with E-state index < -0.39 is 0 Å². The quantitative estimate of drug-likeness (QED) is 0.576. The molecule has 0 saturated carbocycles. The molecule has 8 heteroatoms. The molecule has 0 aliphatic heterocycles. The van der Waals surface area contributed by atoms with Crippen molar-refractivity contribution < 1.29 is 4.79 Å². The van der Waals surface area contributed by atoms with Gasteiger partial charge in [-0.1, -0.05) is 11.6 Å². The fourth-order valence-electron chi connectivity index (χ4n) is 2.64. The van der Waals surface area contributed by atoms with Crippen LogP contribution in [-0.4, -0.2) is 29.9 Å². The summed E-state index contributed by atoms with van der Waals surface area (Å²) < 4.78 is 2.67. The van der Waals surface area contributed by atoms with Gasteiger partial charge in [-0.2, -0.15) is 5.10 Å². The highest BCUT2D eigenvalue weighted by atomic mass is 79.9. The van der Waals surface area contributed by atoms with Gasteiger partial charge in [-0.15, -0.1) is 0 Å². The highest BCUT2D eigenvalue weighted by Gasteiger charge is 2.13. The van der Waals surface area contributed by atoms with Crippen LogP contribution in [0.3, 0.4) is 0 Å². The Morgan fingerprint density at radius 2 is 1.78 bits per heavy atom. The van der Waals surface area contributed by atoms with Crippen molar-refractivity contribution in [3.63, 3.8) is 0 Å². The Morgan fingerprint density at radius 3 is 2.37 bits per heavy atom. The molecular formula is C19H19BrClN5O. The number of rotatable bonds is 4. The lowest BCUT2D eigenvalue weighted by Crippen LogP contribution is -2.20. The molecule has 3 aromatic rings. The number of benzene rings is 2. The highest BCUT2D eigenvalue weighted by molar-refractivity contribution is 9.10. The molecule has 0 aliphatic rings. The van der Waals surface area contributed by atoms with Crippen molar-refractivity contribution in [3.05, 3.63) is 58.2 Å². The summed E-state index contributed by atoms with van der Waals surface area (Å²) in [7, 11) is 5.78. The normalized spacial score (nSPS) is 10.6. The second-order valence-corrected chi connectivity index (χ2v) is 7.50. The lowest BCUT2D eigenvalue weighted by Gasteiger charge is -2.17. The van der Waals surface area contributed by atoms with E-state index in [0.717, 1.165) is 21.4 Å². The molecule has 1 heterocycles. The third-order valence-corrected chi connectivity index (χ3v) is 4.79. The molecule has 0 fully saturated rings. The minimum Gasteiger partial charge on any atom is -0.378 e. The van der Waals surface area contributed by atoms with Gasteiger partial charge in [0.05, 0.1) is 16.4 Å². The molecule has 6 nitrogen and oxygen atoms in total. The number of carbonyl (C=O) groups is 1. The van der Waals surface area contributed by atoms with Gasteiger partial charge in [0.15, 0.2) is 0 Å². The molecule has 0 spiro atoms. The van der Waals surface area contributed by atoms with Crippen LogP contribution in [0.5, 0.6) is 0 Å². The monoisotopic (exact) mass is 447 g/mol. The van der Waals surface area contributed by atoms with Gasteiger partial charge < -0.3 is 15.5 Å². The summed E-state index contributed by atoms with van der Waals surface area (Å²) in [6.45, 7) is 0. The Bertz CT molecular complexity index is 949. The molecule has 2 aromatic carbocycles. The minimum atomic E-state index is -0.330. The Balaban J connectivity index is 1.88. The van der Waals surface area contributed by atoms with E-state index in [1.807, 2.05) is 44.2 Å². The summed E-state index contributed by atoms with van der Waals surface area (Å²) in [6.07, 6.45) is 1.75. The first-order valence-corrected chi connectivity index (χ1v) is 9.34. The van der Waals surface area contributed by atoms with Crippen LogP contribution in [0.25, 0.3) is 11.3 Å². The zero-order valence-corrected chi connectivity index (χ0v) is 17.5. The first-order chi connectivity index (χ1) is 12.8. The van der Waals surface area contributed by atoms with Gasteiger partial charge in [0.1, 0.15) is 0 Å². The molecule has 2 N–H and O–H groups in total. The topological polar surface area (TPSA) is 62.2 Å².